The number of carbonyl (C=O) groups is 1. The fourth-order valence-electron chi connectivity index (χ4n) is 0.685. The van der Waals surface area contributed by atoms with Crippen LogP contribution in [-0.4, -0.2) is 35.3 Å². The molecule has 0 aromatic carbocycles. The molecule has 0 bridgehead atoms. The summed E-state index contributed by atoms with van der Waals surface area (Å²) in [6, 6.07) is -4.78. The van der Waals surface area contributed by atoms with E-state index in [2.05, 4.69) is 5.73 Å². The van der Waals surface area contributed by atoms with Gasteiger partial charge in [-0.3, -0.25) is 10.2 Å². The van der Waals surface area contributed by atoms with E-state index in [-0.39, 0.29) is 0 Å². The number of nitrogens with one attached hydrogen (secondary N) is 2. The predicted molar refractivity (Wildman–Crippen MR) is 40.5 cm³/mol. The average molecular weight is 214 g/mol. The second-order valence-corrected chi connectivity index (χ2v) is 2.44. The van der Waals surface area contributed by atoms with Crippen LogP contribution >= 0.6 is 0 Å². The zero-order chi connectivity index (χ0) is 11.5. The van der Waals surface area contributed by atoms with E-state index < -0.39 is 30.2 Å². The van der Waals surface area contributed by atoms with Crippen molar-refractivity contribution in [3.63, 3.8) is 0 Å². The van der Waals surface area contributed by atoms with E-state index in [1.807, 2.05) is 0 Å². The van der Waals surface area contributed by atoms with Gasteiger partial charge in [0.15, 0.2) is 12.0 Å². The Morgan fingerprint density at radius 3 is 2.14 bits per heavy atom. The Morgan fingerprint density at radius 2 is 1.93 bits per heavy atom. The van der Waals surface area contributed by atoms with Gasteiger partial charge in [0.25, 0.3) is 0 Å². The highest BCUT2D eigenvalue weighted by atomic mass is 19.4. The van der Waals surface area contributed by atoms with Crippen molar-refractivity contribution in [2.75, 3.05) is 0 Å². The molecular formula is C5H9F3N4O2. The number of aliphatic carboxylic acids is 1. The molecule has 0 aromatic rings. The van der Waals surface area contributed by atoms with Crippen LogP contribution in [0.2, 0.25) is 0 Å². The minimum absolute atomic E-state index is 0.996. The average Bonchev–Trinajstić information content (AvgIpc) is 1.96. The molecule has 7 N–H and O–H groups in total. The molecule has 2 unspecified atom stereocenters. The quantitative estimate of drug-likeness (QED) is 0.298. The lowest BCUT2D eigenvalue weighted by Crippen LogP contribution is -2.60. The summed E-state index contributed by atoms with van der Waals surface area (Å²) in [6.07, 6.45) is -4.89. The summed E-state index contributed by atoms with van der Waals surface area (Å²) in [5.74, 6) is -2.83. The second kappa shape index (κ2) is 4.13. The van der Waals surface area contributed by atoms with Gasteiger partial charge in [0.1, 0.15) is 6.04 Å². The second-order valence-electron chi connectivity index (χ2n) is 2.44. The van der Waals surface area contributed by atoms with Crippen molar-refractivity contribution in [1.29, 1.82) is 5.41 Å². The van der Waals surface area contributed by atoms with E-state index in [0.29, 0.717) is 0 Å². The first-order chi connectivity index (χ1) is 6.16. The highest BCUT2D eigenvalue weighted by Gasteiger charge is 2.46. The zero-order valence-corrected chi connectivity index (χ0v) is 6.80. The van der Waals surface area contributed by atoms with Gasteiger partial charge < -0.3 is 21.9 Å². The molecular weight excluding hydrogens is 205 g/mol. The maximum Gasteiger partial charge on any atom is 0.410 e. The summed E-state index contributed by atoms with van der Waals surface area (Å²) >= 11 is 0. The van der Waals surface area contributed by atoms with Crippen LogP contribution < -0.4 is 16.8 Å². The zero-order valence-electron chi connectivity index (χ0n) is 6.80. The third-order valence-electron chi connectivity index (χ3n) is 1.31. The Kier molecular flexibility index (Phi) is 3.69. The van der Waals surface area contributed by atoms with E-state index in [1.54, 1.807) is 0 Å². The first-order valence-electron chi connectivity index (χ1n) is 3.32. The number of carboxylic acids is 1. The number of rotatable bonds is 3. The van der Waals surface area contributed by atoms with E-state index in [1.165, 1.54) is 5.32 Å². The smallest absolute Gasteiger partial charge is 0.410 e. The number of alkyl halides is 3. The van der Waals surface area contributed by atoms with Crippen LogP contribution in [-0.2, 0) is 4.79 Å². The number of carboxylic acid groups (broad SMARTS) is 1. The molecule has 0 heterocycles. The van der Waals surface area contributed by atoms with Crippen LogP contribution in [0.25, 0.3) is 0 Å². The van der Waals surface area contributed by atoms with Crippen LogP contribution in [0.1, 0.15) is 0 Å². The molecule has 82 valence electrons. The first kappa shape index (κ1) is 12.5. The SMILES string of the molecule is N=C(N)NC(C(N)C(=O)O)C(F)(F)F. The van der Waals surface area contributed by atoms with Crippen molar-refractivity contribution in [2.24, 2.45) is 11.5 Å². The summed E-state index contributed by atoms with van der Waals surface area (Å²) in [4.78, 5) is 10.2. The molecule has 9 heteroatoms. The Bertz CT molecular complexity index is 242. The van der Waals surface area contributed by atoms with Crippen molar-refractivity contribution < 1.29 is 23.1 Å². The monoisotopic (exact) mass is 214 g/mol. The van der Waals surface area contributed by atoms with Gasteiger partial charge in [-0.15, -0.1) is 0 Å². The van der Waals surface area contributed by atoms with Crippen LogP contribution in [0.15, 0.2) is 0 Å². The van der Waals surface area contributed by atoms with Gasteiger partial charge >= 0.3 is 12.1 Å². The summed E-state index contributed by atoms with van der Waals surface area (Å²) in [5.41, 5.74) is 9.41. The maximum atomic E-state index is 12.1. The maximum absolute atomic E-state index is 12.1. The lowest BCUT2D eigenvalue weighted by Gasteiger charge is -2.24. The van der Waals surface area contributed by atoms with Gasteiger partial charge in [-0.05, 0) is 0 Å². The molecule has 14 heavy (non-hydrogen) atoms. The van der Waals surface area contributed by atoms with Gasteiger partial charge in [-0.25, -0.2) is 0 Å². The lowest BCUT2D eigenvalue weighted by molar-refractivity contribution is -0.168. The van der Waals surface area contributed by atoms with E-state index in [0.717, 1.165) is 0 Å². The van der Waals surface area contributed by atoms with Gasteiger partial charge in [0.05, 0.1) is 0 Å². The Hall–Kier alpha value is -1.51. The fourth-order valence-corrected chi connectivity index (χ4v) is 0.685. The highest BCUT2D eigenvalue weighted by molar-refractivity contribution is 5.78. The lowest BCUT2D eigenvalue weighted by atomic mass is 10.1. The molecule has 0 aliphatic heterocycles. The first-order valence-corrected chi connectivity index (χ1v) is 3.32. The Labute approximate surface area is 76.6 Å². The number of nitrogens with two attached hydrogens (primary N) is 2. The molecule has 6 nitrogen and oxygen atoms in total. The number of halogens is 3. The van der Waals surface area contributed by atoms with Crippen molar-refractivity contribution >= 4 is 11.9 Å². The molecule has 0 saturated carbocycles. The van der Waals surface area contributed by atoms with E-state index >= 15 is 0 Å². The van der Waals surface area contributed by atoms with Gasteiger partial charge in [-0.2, -0.15) is 13.2 Å². The van der Waals surface area contributed by atoms with Gasteiger partial charge in [0.2, 0.25) is 0 Å². The number of hydrogen-bond donors (Lipinski definition) is 5. The Balaban J connectivity index is 4.73. The van der Waals surface area contributed by atoms with Crippen LogP contribution in [0.5, 0.6) is 0 Å². The molecule has 2 atom stereocenters. The standard InChI is InChI=1S/C5H9F3N4O2/c6-5(7,8)2(12-4(10)11)1(9)3(13)14/h1-2H,9H2,(H,13,14)(H4,10,11,12). The Morgan fingerprint density at radius 1 is 1.50 bits per heavy atom. The molecule has 0 fully saturated rings. The van der Waals surface area contributed by atoms with Crippen molar-refractivity contribution in [2.45, 2.75) is 18.3 Å². The van der Waals surface area contributed by atoms with Gasteiger partial charge in [0, 0.05) is 0 Å². The minimum atomic E-state index is -4.89. The largest absolute Gasteiger partial charge is 0.480 e. The third-order valence-corrected chi connectivity index (χ3v) is 1.31. The molecule has 0 radical (unpaired) electrons. The van der Waals surface area contributed by atoms with Crippen molar-refractivity contribution in [3.05, 3.63) is 0 Å². The normalized spacial score (nSPS) is 15.7. The molecule has 0 aliphatic carbocycles. The van der Waals surface area contributed by atoms with Crippen molar-refractivity contribution in [3.8, 4) is 0 Å². The number of hydrogen-bond acceptors (Lipinski definition) is 3. The predicted octanol–water partition coefficient (Wildman–Crippen LogP) is -1.19. The fraction of sp³-hybridized carbons (Fsp3) is 0.600. The van der Waals surface area contributed by atoms with Crippen LogP contribution in [0.4, 0.5) is 13.2 Å². The molecule has 0 rings (SSSR count). The molecule has 0 amide bonds. The molecule has 0 saturated heterocycles. The van der Waals surface area contributed by atoms with E-state index in [9.17, 15) is 18.0 Å². The highest BCUT2D eigenvalue weighted by Crippen LogP contribution is 2.21. The molecule has 0 spiro atoms. The van der Waals surface area contributed by atoms with Gasteiger partial charge in [-0.1, -0.05) is 0 Å². The topological polar surface area (TPSA) is 125 Å². The van der Waals surface area contributed by atoms with Crippen LogP contribution in [0.3, 0.4) is 0 Å². The molecule has 0 aromatic heterocycles. The van der Waals surface area contributed by atoms with Crippen molar-refractivity contribution in [1.82, 2.24) is 5.32 Å². The van der Waals surface area contributed by atoms with E-state index in [4.69, 9.17) is 16.2 Å². The summed E-state index contributed by atoms with van der Waals surface area (Å²) < 4.78 is 36.4. The summed E-state index contributed by atoms with van der Waals surface area (Å²) in [6.45, 7) is 0. The summed E-state index contributed by atoms with van der Waals surface area (Å²) in [7, 11) is 0. The van der Waals surface area contributed by atoms with Crippen LogP contribution in [0, 0.1) is 5.41 Å². The summed E-state index contributed by atoms with van der Waals surface area (Å²) in [5, 5.41) is 16.2. The molecule has 0 aliphatic rings. The number of guanidine groups is 1. The minimum Gasteiger partial charge on any atom is -0.480 e. The third kappa shape index (κ3) is 3.47.